The summed E-state index contributed by atoms with van der Waals surface area (Å²) >= 11 is 0. The van der Waals surface area contributed by atoms with Crippen molar-refractivity contribution in [3.63, 3.8) is 0 Å². The van der Waals surface area contributed by atoms with E-state index >= 15 is 0 Å². The largest absolute Gasteiger partial charge is 0.497 e. The highest BCUT2D eigenvalue weighted by Gasteiger charge is 2.60. The maximum Gasteiger partial charge on any atom is 0.254 e. The molecule has 2 aliphatic heterocycles. The molecule has 2 fully saturated rings. The maximum atomic E-state index is 13.7. The van der Waals surface area contributed by atoms with Crippen LogP contribution in [0.4, 0.5) is 0 Å². The second-order valence-electron chi connectivity index (χ2n) is 10.0. The van der Waals surface area contributed by atoms with Gasteiger partial charge in [-0.3, -0.25) is 24.7 Å². The van der Waals surface area contributed by atoms with Crippen LogP contribution in [0, 0.1) is 18.8 Å². The van der Waals surface area contributed by atoms with E-state index in [1.165, 1.54) is 0 Å². The first-order valence-electron chi connectivity index (χ1n) is 12.3. The van der Waals surface area contributed by atoms with Crippen LogP contribution in [-0.2, 0) is 21.5 Å². The van der Waals surface area contributed by atoms with E-state index in [-0.39, 0.29) is 36.1 Å². The first kappa shape index (κ1) is 22.5. The number of benzene rings is 2. The van der Waals surface area contributed by atoms with Gasteiger partial charge in [-0.2, -0.15) is 0 Å². The zero-order valence-electron chi connectivity index (χ0n) is 20.3. The molecule has 1 aromatic heterocycles. The summed E-state index contributed by atoms with van der Waals surface area (Å²) in [4.78, 5) is 45.7. The quantitative estimate of drug-likeness (QED) is 0.562. The average Bonchev–Trinajstić information content (AvgIpc) is 3.16. The fourth-order valence-corrected chi connectivity index (χ4v) is 6.12. The number of aromatic nitrogens is 1. The van der Waals surface area contributed by atoms with Crippen LogP contribution in [0.1, 0.15) is 39.9 Å². The maximum absolute atomic E-state index is 13.7. The standard InChI is InChI=1S/C29H27N3O4/c1-17-11-12-30-14-24(17)18-3-6-20(7-4-18)29(25-10-9-22(25)26(33)31-28(29)35)16-32-15-19-5-8-21(36-2)13-23(19)27(32)34/h3-8,11-14,22,25H,9-10,15-16H2,1-2H3,(H,31,33,35)/t22?,25?,29-/m1/s1. The zero-order valence-corrected chi connectivity index (χ0v) is 20.3. The molecule has 3 aromatic rings. The van der Waals surface area contributed by atoms with Gasteiger partial charge in [0, 0.05) is 42.5 Å². The molecule has 1 N–H and O–H groups in total. The van der Waals surface area contributed by atoms with Crippen LogP contribution in [0.2, 0.25) is 0 Å². The highest BCUT2D eigenvalue weighted by Crippen LogP contribution is 2.52. The van der Waals surface area contributed by atoms with Crippen molar-refractivity contribution in [1.82, 2.24) is 15.2 Å². The summed E-state index contributed by atoms with van der Waals surface area (Å²) in [5.74, 6) is -0.374. The Morgan fingerprint density at radius 3 is 2.56 bits per heavy atom. The molecule has 3 aliphatic rings. The van der Waals surface area contributed by atoms with Gasteiger partial charge in [0.2, 0.25) is 11.8 Å². The predicted molar refractivity (Wildman–Crippen MR) is 133 cm³/mol. The number of carbonyl (C=O) groups excluding carboxylic acids is 3. The molecule has 2 unspecified atom stereocenters. The Hall–Kier alpha value is -4.00. The summed E-state index contributed by atoms with van der Waals surface area (Å²) < 4.78 is 5.31. The molecular formula is C29H27N3O4. The van der Waals surface area contributed by atoms with Gasteiger partial charge in [-0.25, -0.2) is 0 Å². The smallest absolute Gasteiger partial charge is 0.254 e. The lowest BCUT2D eigenvalue weighted by atomic mass is 9.54. The molecule has 3 heterocycles. The summed E-state index contributed by atoms with van der Waals surface area (Å²) in [5, 5.41) is 2.64. The molecule has 36 heavy (non-hydrogen) atoms. The summed E-state index contributed by atoms with van der Waals surface area (Å²) in [7, 11) is 1.57. The van der Waals surface area contributed by atoms with E-state index < -0.39 is 5.41 Å². The van der Waals surface area contributed by atoms with Crippen molar-refractivity contribution in [2.75, 3.05) is 13.7 Å². The number of methoxy groups -OCH3 is 1. The molecule has 3 atom stereocenters. The van der Waals surface area contributed by atoms with E-state index in [2.05, 4.69) is 10.3 Å². The molecule has 2 aromatic carbocycles. The van der Waals surface area contributed by atoms with Crippen molar-refractivity contribution in [2.24, 2.45) is 11.8 Å². The fraction of sp³-hybridized carbons (Fsp3) is 0.310. The second kappa shape index (κ2) is 8.29. The van der Waals surface area contributed by atoms with E-state index in [4.69, 9.17) is 4.74 Å². The molecule has 0 bridgehead atoms. The normalized spacial score (nSPS) is 24.6. The van der Waals surface area contributed by atoms with Gasteiger partial charge in [-0.05, 0) is 66.1 Å². The Labute approximate surface area is 209 Å². The first-order valence-corrected chi connectivity index (χ1v) is 12.3. The minimum Gasteiger partial charge on any atom is -0.497 e. The number of hydrogen-bond donors (Lipinski definition) is 1. The summed E-state index contributed by atoms with van der Waals surface area (Å²) in [5.41, 5.74) is 4.49. The molecule has 1 saturated carbocycles. The number of nitrogens with one attached hydrogen (secondary N) is 1. The van der Waals surface area contributed by atoms with Crippen molar-refractivity contribution in [1.29, 1.82) is 0 Å². The molecule has 0 radical (unpaired) electrons. The van der Waals surface area contributed by atoms with Crippen LogP contribution in [0.3, 0.4) is 0 Å². The Kier molecular flexibility index (Phi) is 5.18. The Morgan fingerprint density at radius 1 is 1.06 bits per heavy atom. The third kappa shape index (κ3) is 3.26. The molecule has 6 rings (SSSR count). The van der Waals surface area contributed by atoms with Gasteiger partial charge in [0.1, 0.15) is 5.75 Å². The third-order valence-corrected chi connectivity index (χ3v) is 8.27. The number of rotatable bonds is 5. The van der Waals surface area contributed by atoms with Crippen molar-refractivity contribution in [2.45, 2.75) is 31.7 Å². The van der Waals surface area contributed by atoms with Gasteiger partial charge in [-0.1, -0.05) is 30.3 Å². The number of piperidine rings is 1. The molecule has 7 nitrogen and oxygen atoms in total. The summed E-state index contributed by atoms with van der Waals surface area (Å²) in [6, 6.07) is 15.4. The SMILES string of the molecule is COc1ccc2c(c1)C(=O)N(C[C@]1(c3ccc(-c4cnccc4C)cc3)C(=O)NC(=O)C3CCC31)C2. The van der Waals surface area contributed by atoms with Gasteiger partial charge in [0.15, 0.2) is 0 Å². The van der Waals surface area contributed by atoms with Gasteiger partial charge in [0.25, 0.3) is 5.91 Å². The molecule has 7 heteroatoms. The topological polar surface area (TPSA) is 88.6 Å². The molecular weight excluding hydrogens is 454 g/mol. The highest BCUT2D eigenvalue weighted by atomic mass is 16.5. The highest BCUT2D eigenvalue weighted by molar-refractivity contribution is 6.06. The number of hydrogen-bond acceptors (Lipinski definition) is 5. The van der Waals surface area contributed by atoms with E-state index in [1.54, 1.807) is 24.3 Å². The average molecular weight is 482 g/mol. The lowest BCUT2D eigenvalue weighted by molar-refractivity contribution is -0.152. The minimum absolute atomic E-state index is 0.119. The number of nitrogens with zero attached hydrogens (tertiary/aromatic N) is 2. The number of amides is 3. The van der Waals surface area contributed by atoms with Crippen LogP contribution in [0.25, 0.3) is 11.1 Å². The monoisotopic (exact) mass is 481 g/mol. The lowest BCUT2D eigenvalue weighted by Crippen LogP contribution is -2.67. The van der Waals surface area contributed by atoms with Crippen LogP contribution < -0.4 is 10.1 Å². The predicted octanol–water partition coefficient (Wildman–Crippen LogP) is 3.64. The van der Waals surface area contributed by atoms with Gasteiger partial charge in [0.05, 0.1) is 12.5 Å². The van der Waals surface area contributed by atoms with E-state index in [0.717, 1.165) is 40.7 Å². The number of aryl methyl sites for hydroxylation is 1. The fourth-order valence-electron chi connectivity index (χ4n) is 6.12. The Balaban J connectivity index is 1.40. The number of pyridine rings is 1. The van der Waals surface area contributed by atoms with Gasteiger partial charge < -0.3 is 9.64 Å². The molecule has 1 aliphatic carbocycles. The van der Waals surface area contributed by atoms with Gasteiger partial charge in [-0.15, -0.1) is 0 Å². The van der Waals surface area contributed by atoms with Crippen LogP contribution in [-0.4, -0.2) is 41.3 Å². The van der Waals surface area contributed by atoms with Crippen LogP contribution in [0.15, 0.2) is 60.9 Å². The number of ether oxygens (including phenoxy) is 1. The Morgan fingerprint density at radius 2 is 1.86 bits per heavy atom. The minimum atomic E-state index is -0.999. The van der Waals surface area contributed by atoms with Gasteiger partial charge >= 0.3 is 0 Å². The summed E-state index contributed by atoms with van der Waals surface area (Å²) in [6.45, 7) is 2.68. The van der Waals surface area contributed by atoms with Crippen molar-refractivity contribution < 1.29 is 19.1 Å². The van der Waals surface area contributed by atoms with Crippen molar-refractivity contribution >= 4 is 17.7 Å². The van der Waals surface area contributed by atoms with Crippen molar-refractivity contribution in [3.05, 3.63) is 83.2 Å². The number of fused-ring (bicyclic) bond motifs is 2. The van der Waals surface area contributed by atoms with E-state index in [1.807, 2.05) is 55.6 Å². The molecule has 182 valence electrons. The second-order valence-corrected chi connectivity index (χ2v) is 10.0. The number of carbonyl (C=O) groups is 3. The zero-order chi connectivity index (χ0) is 25.0. The molecule has 1 saturated heterocycles. The number of imide groups is 1. The Bertz CT molecular complexity index is 1400. The van der Waals surface area contributed by atoms with Crippen LogP contribution >= 0.6 is 0 Å². The molecule has 3 amide bonds. The third-order valence-electron chi connectivity index (χ3n) is 8.27. The lowest BCUT2D eigenvalue weighted by Gasteiger charge is -2.53. The summed E-state index contributed by atoms with van der Waals surface area (Å²) in [6.07, 6.45) is 5.13. The van der Waals surface area contributed by atoms with E-state index in [9.17, 15) is 14.4 Å². The van der Waals surface area contributed by atoms with E-state index in [0.29, 0.717) is 17.9 Å². The first-order chi connectivity index (χ1) is 17.4. The molecule has 0 spiro atoms. The van der Waals surface area contributed by atoms with Crippen molar-refractivity contribution in [3.8, 4) is 16.9 Å². The van der Waals surface area contributed by atoms with Crippen LogP contribution in [0.5, 0.6) is 5.75 Å².